The van der Waals surface area contributed by atoms with E-state index in [4.69, 9.17) is 4.43 Å². The first-order valence-corrected chi connectivity index (χ1v) is 13.6. The van der Waals surface area contributed by atoms with Gasteiger partial charge >= 0.3 is 0 Å². The van der Waals surface area contributed by atoms with Crippen LogP contribution in [0.2, 0.25) is 0 Å². The minimum atomic E-state index is -2.51. The topological polar surface area (TPSA) is 9.23 Å². The molecule has 0 N–H and O–H groups in total. The third kappa shape index (κ3) is 5.93. The predicted octanol–water partition coefficient (Wildman–Crippen LogP) is 5.81. The molecule has 0 atom stereocenters. The summed E-state index contributed by atoms with van der Waals surface area (Å²) in [4.78, 5) is 0. The lowest BCUT2D eigenvalue weighted by atomic mass is 10.1. The van der Waals surface area contributed by atoms with Crippen LogP contribution in [0.3, 0.4) is 0 Å². The van der Waals surface area contributed by atoms with Crippen molar-refractivity contribution in [3.63, 3.8) is 0 Å². The second-order valence-corrected chi connectivity index (χ2v) is 11.5. The lowest BCUT2D eigenvalue weighted by molar-refractivity contribution is 0.309. The monoisotopic (exact) mass is 416 g/mol. The van der Waals surface area contributed by atoms with Gasteiger partial charge in [0.2, 0.25) is 0 Å². The molecule has 0 aliphatic carbocycles. The zero-order valence-corrected chi connectivity index (χ0v) is 19.4. The Morgan fingerprint density at radius 3 is 1.27 bits per heavy atom. The zero-order valence-electron chi connectivity index (χ0n) is 18.4. The summed E-state index contributed by atoms with van der Waals surface area (Å²) >= 11 is 0. The third-order valence-electron chi connectivity index (χ3n) is 5.86. The Bertz CT molecular complexity index is 720. The average Bonchev–Trinajstić information content (AvgIpc) is 2.82. The van der Waals surface area contributed by atoms with E-state index in [-0.39, 0.29) is 0 Å². The quantitative estimate of drug-likeness (QED) is 0.194. The first-order chi connectivity index (χ1) is 14.9. The molecule has 0 heterocycles. The van der Waals surface area contributed by atoms with Crippen LogP contribution in [0, 0.1) is 0 Å². The molecule has 1 nitrogen and oxygen atoms in total. The molecule has 3 aromatic rings. The Balaban J connectivity index is 1.77. The summed E-state index contributed by atoms with van der Waals surface area (Å²) in [7, 11) is -2.51. The summed E-state index contributed by atoms with van der Waals surface area (Å²) in [5.74, 6) is 0. The molecule has 158 valence electrons. The van der Waals surface area contributed by atoms with Gasteiger partial charge in [0, 0.05) is 6.61 Å². The molecule has 2 heteroatoms. The van der Waals surface area contributed by atoms with Gasteiger partial charge in [0.15, 0.2) is 0 Å². The van der Waals surface area contributed by atoms with Crippen molar-refractivity contribution in [3.05, 3.63) is 91.0 Å². The Morgan fingerprint density at radius 1 is 0.500 bits per heavy atom. The lowest BCUT2D eigenvalue weighted by Crippen LogP contribution is -2.69. The van der Waals surface area contributed by atoms with Crippen LogP contribution in [0.15, 0.2) is 91.0 Å². The lowest BCUT2D eigenvalue weighted by Gasteiger charge is -2.33. The van der Waals surface area contributed by atoms with Gasteiger partial charge in [-0.3, -0.25) is 0 Å². The summed E-state index contributed by atoms with van der Waals surface area (Å²) in [6, 6.07) is 32.6. The van der Waals surface area contributed by atoms with E-state index in [1.807, 2.05) is 0 Å². The molecule has 3 aromatic carbocycles. The largest absolute Gasteiger partial charge is 0.404 e. The minimum absolute atomic E-state index is 0.819. The van der Waals surface area contributed by atoms with Crippen molar-refractivity contribution in [2.24, 2.45) is 0 Å². The van der Waals surface area contributed by atoms with E-state index in [0.717, 1.165) is 13.0 Å². The Labute approximate surface area is 184 Å². The summed E-state index contributed by atoms with van der Waals surface area (Å²) in [5, 5.41) is 3.96. The fourth-order valence-corrected chi connectivity index (χ4v) is 8.17. The molecule has 0 aliphatic heterocycles. The molecule has 30 heavy (non-hydrogen) atoms. The Morgan fingerprint density at radius 2 is 0.867 bits per heavy atom. The van der Waals surface area contributed by atoms with E-state index in [1.165, 1.54) is 60.5 Å². The van der Waals surface area contributed by atoms with Gasteiger partial charge in [-0.25, -0.2) is 0 Å². The highest BCUT2D eigenvalue weighted by molar-refractivity contribution is 7.07. The molecule has 0 fully saturated rings. The normalized spacial score (nSPS) is 11.5. The van der Waals surface area contributed by atoms with E-state index in [1.54, 1.807) is 0 Å². The van der Waals surface area contributed by atoms with Crippen molar-refractivity contribution in [1.82, 2.24) is 0 Å². The molecular formula is C28H36OSi. The fraction of sp³-hybridized carbons (Fsp3) is 0.357. The predicted molar refractivity (Wildman–Crippen MR) is 133 cm³/mol. The van der Waals surface area contributed by atoms with Gasteiger partial charge in [0.25, 0.3) is 8.32 Å². The molecule has 0 saturated heterocycles. The number of unbranched alkanes of at least 4 members (excludes halogenated alkanes) is 7. The van der Waals surface area contributed by atoms with Crippen molar-refractivity contribution in [3.8, 4) is 0 Å². The maximum absolute atomic E-state index is 6.97. The SMILES string of the molecule is CCCCCCCCCCO[Si](c1ccccc1)(c1ccccc1)c1ccccc1. The van der Waals surface area contributed by atoms with E-state index in [9.17, 15) is 0 Å². The van der Waals surface area contributed by atoms with E-state index >= 15 is 0 Å². The van der Waals surface area contributed by atoms with Gasteiger partial charge in [-0.15, -0.1) is 0 Å². The molecule has 0 aliphatic rings. The van der Waals surface area contributed by atoms with Crippen LogP contribution in [-0.2, 0) is 4.43 Å². The van der Waals surface area contributed by atoms with Crippen LogP contribution >= 0.6 is 0 Å². The summed E-state index contributed by atoms with van der Waals surface area (Å²) in [6.07, 6.45) is 10.5. The van der Waals surface area contributed by atoms with Crippen molar-refractivity contribution >= 4 is 23.9 Å². The van der Waals surface area contributed by atoms with Crippen molar-refractivity contribution in [2.75, 3.05) is 6.61 Å². The van der Waals surface area contributed by atoms with Crippen LogP contribution in [0.1, 0.15) is 58.3 Å². The van der Waals surface area contributed by atoms with E-state index in [2.05, 4.69) is 97.9 Å². The fourth-order valence-electron chi connectivity index (χ4n) is 4.23. The van der Waals surface area contributed by atoms with E-state index in [0.29, 0.717) is 0 Å². The Hall–Kier alpha value is -2.16. The van der Waals surface area contributed by atoms with Crippen LogP contribution in [-0.4, -0.2) is 14.9 Å². The van der Waals surface area contributed by atoms with Gasteiger partial charge in [0.05, 0.1) is 0 Å². The highest BCUT2D eigenvalue weighted by atomic mass is 28.4. The first kappa shape index (κ1) is 22.5. The molecule has 0 aromatic heterocycles. The standard InChI is InChI=1S/C28H36OSi/c1-2-3-4-5-6-7-8-18-25-29-30(26-19-12-9-13-20-26,27-21-14-10-15-22-27)28-23-16-11-17-24-28/h9-17,19-24H,2-8,18,25H2,1H3. The van der Waals surface area contributed by atoms with Crippen LogP contribution < -0.4 is 15.6 Å². The maximum Gasteiger partial charge on any atom is 0.288 e. The maximum atomic E-state index is 6.97. The molecule has 0 bridgehead atoms. The highest BCUT2D eigenvalue weighted by Gasteiger charge is 2.41. The highest BCUT2D eigenvalue weighted by Crippen LogP contribution is 2.13. The number of benzene rings is 3. The van der Waals surface area contributed by atoms with Gasteiger partial charge in [-0.2, -0.15) is 0 Å². The van der Waals surface area contributed by atoms with Crippen molar-refractivity contribution < 1.29 is 4.43 Å². The first-order valence-electron chi connectivity index (χ1n) is 11.7. The molecule has 0 saturated carbocycles. The molecular weight excluding hydrogens is 380 g/mol. The molecule has 0 spiro atoms. The minimum Gasteiger partial charge on any atom is -0.404 e. The van der Waals surface area contributed by atoms with Crippen LogP contribution in [0.25, 0.3) is 0 Å². The summed E-state index contributed by atoms with van der Waals surface area (Å²) < 4.78 is 6.97. The smallest absolute Gasteiger partial charge is 0.288 e. The zero-order chi connectivity index (χ0) is 20.9. The summed E-state index contributed by atoms with van der Waals surface area (Å²) in [6.45, 7) is 3.10. The molecule has 3 rings (SSSR count). The van der Waals surface area contributed by atoms with Gasteiger partial charge in [-0.1, -0.05) is 143 Å². The number of rotatable bonds is 13. The van der Waals surface area contributed by atoms with Gasteiger partial charge < -0.3 is 4.43 Å². The molecule has 0 amide bonds. The average molecular weight is 417 g/mol. The van der Waals surface area contributed by atoms with E-state index < -0.39 is 8.32 Å². The molecule has 0 unspecified atom stereocenters. The van der Waals surface area contributed by atoms with Crippen molar-refractivity contribution in [1.29, 1.82) is 0 Å². The second-order valence-electron chi connectivity index (χ2n) is 8.10. The number of hydrogen-bond donors (Lipinski definition) is 0. The van der Waals surface area contributed by atoms with Gasteiger partial charge in [0.1, 0.15) is 0 Å². The Kier molecular flexibility index (Phi) is 9.39. The van der Waals surface area contributed by atoms with Crippen LogP contribution in [0.4, 0.5) is 0 Å². The second kappa shape index (κ2) is 12.5. The third-order valence-corrected chi connectivity index (χ3v) is 9.93. The van der Waals surface area contributed by atoms with Crippen molar-refractivity contribution in [2.45, 2.75) is 58.3 Å². The number of hydrogen-bond acceptors (Lipinski definition) is 1. The van der Waals surface area contributed by atoms with Gasteiger partial charge in [-0.05, 0) is 22.0 Å². The van der Waals surface area contributed by atoms with Crippen LogP contribution in [0.5, 0.6) is 0 Å². The molecule has 0 radical (unpaired) electrons. The summed E-state index contributed by atoms with van der Waals surface area (Å²) in [5.41, 5.74) is 0.